The van der Waals surface area contributed by atoms with Crippen molar-refractivity contribution in [1.82, 2.24) is 0 Å². The van der Waals surface area contributed by atoms with Crippen molar-refractivity contribution >= 4 is 11.9 Å². The van der Waals surface area contributed by atoms with Gasteiger partial charge in [-0.1, -0.05) is 0 Å². The SMILES string of the molecule is [2H]C([2H])([2H])OC(=O)C1(C([2H])([2H])[2H])C([2H])([2H])C1(C)C(=O)OC. The van der Waals surface area contributed by atoms with Gasteiger partial charge in [0.1, 0.15) is 0 Å². The van der Waals surface area contributed by atoms with Gasteiger partial charge in [-0.3, -0.25) is 9.59 Å². The molecule has 0 spiro atoms. The fourth-order valence-corrected chi connectivity index (χ4v) is 1.08. The van der Waals surface area contributed by atoms with Gasteiger partial charge < -0.3 is 9.47 Å². The Morgan fingerprint density at radius 3 is 2.46 bits per heavy atom. The first-order chi connectivity index (χ1) is 9.11. The molecule has 4 heteroatoms. The average molecular weight is 194 g/mol. The predicted molar refractivity (Wildman–Crippen MR) is 44.9 cm³/mol. The molecule has 0 aromatic carbocycles. The normalized spacial score (nSPS) is 51.5. The quantitative estimate of drug-likeness (QED) is 0.609. The van der Waals surface area contributed by atoms with Crippen LogP contribution in [0, 0.1) is 10.8 Å². The van der Waals surface area contributed by atoms with E-state index < -0.39 is 43.0 Å². The molecule has 13 heavy (non-hydrogen) atoms. The third-order valence-corrected chi connectivity index (χ3v) is 2.12. The van der Waals surface area contributed by atoms with Gasteiger partial charge in [0.2, 0.25) is 0 Å². The summed E-state index contributed by atoms with van der Waals surface area (Å²) in [5, 5.41) is 0. The summed E-state index contributed by atoms with van der Waals surface area (Å²) < 4.78 is 66.8. The minimum absolute atomic E-state index is 0.895. The lowest BCUT2D eigenvalue weighted by Gasteiger charge is -2.13. The van der Waals surface area contributed by atoms with E-state index in [2.05, 4.69) is 9.47 Å². The van der Waals surface area contributed by atoms with E-state index in [0.29, 0.717) is 0 Å². The Labute approximate surface area is 88.4 Å². The van der Waals surface area contributed by atoms with E-state index in [0.717, 1.165) is 14.0 Å². The number of rotatable bonds is 2. The Morgan fingerprint density at radius 2 is 2.00 bits per heavy atom. The van der Waals surface area contributed by atoms with Gasteiger partial charge in [-0.15, -0.1) is 0 Å². The first-order valence-corrected chi connectivity index (χ1v) is 3.43. The van der Waals surface area contributed by atoms with Gasteiger partial charge in [0.05, 0.1) is 29.1 Å². The summed E-state index contributed by atoms with van der Waals surface area (Å²) in [6.45, 7) is -2.41. The van der Waals surface area contributed by atoms with Gasteiger partial charge in [-0.2, -0.15) is 0 Å². The number of methoxy groups -OCH3 is 2. The van der Waals surface area contributed by atoms with Gasteiger partial charge in [0, 0.05) is 6.85 Å². The zero-order valence-corrected chi connectivity index (χ0v) is 7.13. The molecule has 2 unspecified atom stereocenters. The Bertz CT molecular complexity index is 481. The monoisotopic (exact) mass is 194 g/mol. The molecule has 0 aliphatic heterocycles. The molecule has 4 nitrogen and oxygen atoms in total. The Hall–Kier alpha value is -1.06. The molecule has 1 fully saturated rings. The van der Waals surface area contributed by atoms with Crippen LogP contribution in [0.15, 0.2) is 0 Å². The maximum Gasteiger partial charge on any atom is 0.312 e. The molecule has 2 atom stereocenters. The lowest BCUT2D eigenvalue weighted by Crippen LogP contribution is -2.27. The van der Waals surface area contributed by atoms with E-state index in [1.165, 1.54) is 0 Å². The fraction of sp³-hybridized carbons (Fsp3) is 0.778. The maximum absolute atomic E-state index is 12.1. The molecule has 0 radical (unpaired) electrons. The molecule has 1 saturated carbocycles. The second-order valence-corrected chi connectivity index (χ2v) is 2.88. The molecular weight excluding hydrogens is 172 g/mol. The second kappa shape index (κ2) is 2.72. The highest BCUT2D eigenvalue weighted by Crippen LogP contribution is 2.64. The number of ether oxygens (including phenoxy) is 2. The smallest absolute Gasteiger partial charge is 0.312 e. The van der Waals surface area contributed by atoms with Crippen molar-refractivity contribution in [3.05, 3.63) is 0 Å². The van der Waals surface area contributed by atoms with E-state index in [1.807, 2.05) is 0 Å². The minimum atomic E-state index is -3.30. The van der Waals surface area contributed by atoms with Gasteiger partial charge in [0.25, 0.3) is 0 Å². The predicted octanol–water partition coefficient (Wildman–Crippen LogP) is 0.749. The molecule has 0 bridgehead atoms. The second-order valence-electron chi connectivity index (χ2n) is 2.88. The third-order valence-electron chi connectivity index (χ3n) is 2.12. The molecule has 0 N–H and O–H groups in total. The molecule has 0 aromatic rings. The van der Waals surface area contributed by atoms with Crippen LogP contribution in [-0.4, -0.2) is 26.1 Å². The molecular formula is C9H14O4. The van der Waals surface area contributed by atoms with E-state index in [9.17, 15) is 9.59 Å². The van der Waals surface area contributed by atoms with Crippen molar-refractivity contribution in [3.8, 4) is 0 Å². The summed E-state index contributed by atoms with van der Waals surface area (Å²) in [5.41, 5.74) is -5.31. The highest BCUT2D eigenvalue weighted by Gasteiger charge is 2.72. The number of carbonyl (C=O) groups is 2. The standard InChI is InChI=1S/C9H14O4/c1-8(6(10)12-3)5-9(8,2)7(11)13-4/h5H2,1-4H3/i1D3,3D3,5D2. The first kappa shape index (κ1) is 3.59. The largest absolute Gasteiger partial charge is 0.469 e. The van der Waals surface area contributed by atoms with Crippen LogP contribution in [0.1, 0.15) is 31.1 Å². The maximum atomic E-state index is 12.1. The zero-order valence-electron chi connectivity index (χ0n) is 15.1. The summed E-state index contributed by atoms with van der Waals surface area (Å²) in [6.07, 6.45) is -2.85. The lowest BCUT2D eigenvalue weighted by atomic mass is 9.96. The fourth-order valence-electron chi connectivity index (χ4n) is 1.08. The van der Waals surface area contributed by atoms with Crippen molar-refractivity contribution in [3.63, 3.8) is 0 Å². The summed E-state index contributed by atoms with van der Waals surface area (Å²) in [7, 11) is -2.35. The summed E-state index contributed by atoms with van der Waals surface area (Å²) >= 11 is 0. The number of esters is 2. The summed E-state index contributed by atoms with van der Waals surface area (Å²) in [5.74, 6) is -3.09. The highest BCUT2D eigenvalue weighted by atomic mass is 16.5. The van der Waals surface area contributed by atoms with Crippen LogP contribution in [-0.2, 0) is 19.1 Å². The van der Waals surface area contributed by atoms with Crippen LogP contribution in [0.25, 0.3) is 0 Å². The van der Waals surface area contributed by atoms with Crippen LogP contribution in [0.5, 0.6) is 0 Å². The third kappa shape index (κ3) is 1.12. The van der Waals surface area contributed by atoms with Gasteiger partial charge >= 0.3 is 11.9 Å². The van der Waals surface area contributed by atoms with Crippen LogP contribution in [0.4, 0.5) is 0 Å². The minimum Gasteiger partial charge on any atom is -0.469 e. The Morgan fingerprint density at radius 1 is 1.38 bits per heavy atom. The van der Waals surface area contributed by atoms with Crippen LogP contribution in [0.3, 0.4) is 0 Å². The lowest BCUT2D eigenvalue weighted by molar-refractivity contribution is -0.156. The molecule has 1 aliphatic rings. The van der Waals surface area contributed by atoms with Crippen molar-refractivity contribution in [1.29, 1.82) is 0 Å². The van der Waals surface area contributed by atoms with Crippen molar-refractivity contribution < 1.29 is 30.0 Å². The molecule has 74 valence electrons. The number of hydrogen-bond acceptors (Lipinski definition) is 4. The van der Waals surface area contributed by atoms with E-state index in [1.54, 1.807) is 0 Å². The Balaban J connectivity index is 3.47. The van der Waals surface area contributed by atoms with Gasteiger partial charge in [0.15, 0.2) is 0 Å². The van der Waals surface area contributed by atoms with Crippen LogP contribution < -0.4 is 0 Å². The molecule has 0 amide bonds. The van der Waals surface area contributed by atoms with Crippen LogP contribution in [0.2, 0.25) is 0 Å². The summed E-state index contributed by atoms with van der Waals surface area (Å²) in [4.78, 5) is 23.8. The van der Waals surface area contributed by atoms with Gasteiger partial charge in [-0.05, 0) is 20.1 Å². The van der Waals surface area contributed by atoms with Crippen molar-refractivity contribution in [2.24, 2.45) is 10.8 Å². The number of carbonyl (C=O) groups excluding carboxylic acids is 2. The van der Waals surface area contributed by atoms with Crippen LogP contribution >= 0.6 is 0 Å². The molecule has 0 saturated heterocycles. The Kier molecular flexibility index (Phi) is 0.752. The topological polar surface area (TPSA) is 52.6 Å². The number of hydrogen-bond donors (Lipinski definition) is 0. The molecule has 1 aliphatic carbocycles. The summed E-state index contributed by atoms with van der Waals surface area (Å²) in [6, 6.07) is 0. The highest BCUT2D eigenvalue weighted by molar-refractivity contribution is 5.93. The zero-order chi connectivity index (χ0) is 17.1. The van der Waals surface area contributed by atoms with Crippen molar-refractivity contribution in [2.75, 3.05) is 14.1 Å². The first-order valence-electron chi connectivity index (χ1n) is 7.43. The average Bonchev–Trinajstić information content (AvgIpc) is 2.65. The molecule has 0 aromatic heterocycles. The van der Waals surface area contributed by atoms with E-state index >= 15 is 0 Å². The van der Waals surface area contributed by atoms with Crippen molar-refractivity contribution in [2.45, 2.75) is 20.1 Å². The van der Waals surface area contributed by atoms with E-state index in [-0.39, 0.29) is 0 Å². The molecule has 1 rings (SSSR count). The molecule has 0 heterocycles. The van der Waals surface area contributed by atoms with Gasteiger partial charge in [-0.25, -0.2) is 0 Å². The van der Waals surface area contributed by atoms with E-state index in [4.69, 9.17) is 11.0 Å².